The molecule has 15 heteroatoms. The van der Waals surface area contributed by atoms with Gasteiger partial charge in [-0.2, -0.15) is 11.8 Å². The van der Waals surface area contributed by atoms with E-state index in [1.165, 1.54) is 34.9 Å². The number of thiazole rings is 1. The molecule has 4 aliphatic heterocycles. The lowest BCUT2D eigenvalue weighted by atomic mass is 10.0. The predicted octanol–water partition coefficient (Wildman–Crippen LogP) is 2.98. The molecule has 4 aliphatic rings. The summed E-state index contributed by atoms with van der Waals surface area (Å²) in [6.45, 7) is 8.47. The Labute approximate surface area is 275 Å². The highest BCUT2D eigenvalue weighted by atomic mass is 32.2. The van der Waals surface area contributed by atoms with Crippen molar-refractivity contribution in [2.75, 3.05) is 30.1 Å². The maximum Gasteiger partial charge on any atom is 0.271 e. The molecule has 5 rings (SSSR count). The first-order valence-corrected chi connectivity index (χ1v) is 19.4. The van der Waals surface area contributed by atoms with Crippen LogP contribution in [0.3, 0.4) is 0 Å². The predicted molar refractivity (Wildman–Crippen MR) is 181 cm³/mol. The summed E-state index contributed by atoms with van der Waals surface area (Å²) in [6.07, 6.45) is 4.27. The molecule has 0 aliphatic carbocycles. The number of hydrogen-bond donors (Lipinski definition) is 3. The number of nitrogens with one attached hydrogen (secondary N) is 3. The second-order valence-corrected chi connectivity index (χ2v) is 16.1. The van der Waals surface area contributed by atoms with E-state index in [0.29, 0.717) is 40.2 Å². The summed E-state index contributed by atoms with van der Waals surface area (Å²) in [5.41, 5.74) is 0.291. The van der Waals surface area contributed by atoms with E-state index in [0.717, 1.165) is 23.6 Å². The number of aromatic nitrogens is 1. The van der Waals surface area contributed by atoms with Gasteiger partial charge in [0, 0.05) is 23.4 Å². The molecule has 1 fully saturated rings. The highest BCUT2D eigenvalue weighted by molar-refractivity contribution is 8.14. The molecule has 0 radical (unpaired) electrons. The van der Waals surface area contributed by atoms with Crippen molar-refractivity contribution in [2.24, 2.45) is 21.8 Å². The van der Waals surface area contributed by atoms with Crippen molar-refractivity contribution < 1.29 is 19.2 Å². The molecule has 5 heterocycles. The lowest BCUT2D eigenvalue weighted by molar-refractivity contribution is -0.137. The van der Waals surface area contributed by atoms with Crippen molar-refractivity contribution in [3.8, 4) is 0 Å². The van der Waals surface area contributed by atoms with Crippen LogP contribution >= 0.6 is 46.6 Å². The number of aliphatic imine (C=N–C) groups is 2. The summed E-state index contributed by atoms with van der Waals surface area (Å²) in [5, 5.41) is 13.1. The van der Waals surface area contributed by atoms with E-state index in [4.69, 9.17) is 9.98 Å². The molecule has 0 aromatic carbocycles. The quantitative estimate of drug-likeness (QED) is 0.431. The average molecular weight is 680 g/mol. The minimum absolute atomic E-state index is 0.0385. The second-order valence-electron chi connectivity index (χ2n) is 12.1. The molecule has 0 saturated carbocycles. The van der Waals surface area contributed by atoms with Crippen LogP contribution in [-0.2, 0) is 14.4 Å². The van der Waals surface area contributed by atoms with Crippen LogP contribution in [0.25, 0.3) is 0 Å². The van der Waals surface area contributed by atoms with Crippen LogP contribution in [0.4, 0.5) is 0 Å². The summed E-state index contributed by atoms with van der Waals surface area (Å²) in [7, 11) is 0. The lowest BCUT2D eigenvalue weighted by Crippen LogP contribution is -2.55. The van der Waals surface area contributed by atoms with Gasteiger partial charge >= 0.3 is 0 Å². The molecule has 0 spiro atoms. The Morgan fingerprint density at radius 2 is 1.57 bits per heavy atom. The van der Waals surface area contributed by atoms with Gasteiger partial charge in [0.1, 0.15) is 28.8 Å². The molecular weight excluding hydrogens is 639 g/mol. The number of thioether (sulfide) groups is 3. The van der Waals surface area contributed by atoms with Gasteiger partial charge in [-0.15, -0.1) is 34.9 Å². The molecule has 3 N–H and O–H groups in total. The standard InChI is InChI=1S/C29H41N7O4S4/c1-14(2)21-28-33-17(13-44-28)23(37)30-16(8-10-41-5)26-31-18(11-42-26)25(39)35-22(15(3)4)29(40)36-9-6-7-20(36)27-32-19(12-43-27)24(38)34-21/h13-16,18-22H,6-12H2,1-5H3,(H,30,37)(H,34,38)(H,35,39)/t16-,18?,19+,20+,21+,22+/m1/s1. The summed E-state index contributed by atoms with van der Waals surface area (Å²) in [4.78, 5) is 70.3. The number of amides is 4. The molecule has 1 saturated heterocycles. The van der Waals surface area contributed by atoms with Gasteiger partial charge in [-0.3, -0.25) is 29.2 Å². The smallest absolute Gasteiger partial charge is 0.271 e. The first-order valence-electron chi connectivity index (χ1n) is 15.1. The van der Waals surface area contributed by atoms with Crippen molar-refractivity contribution in [1.82, 2.24) is 25.8 Å². The van der Waals surface area contributed by atoms with Gasteiger partial charge in [-0.1, -0.05) is 27.7 Å². The molecule has 6 atom stereocenters. The largest absolute Gasteiger partial charge is 0.345 e. The van der Waals surface area contributed by atoms with Crippen molar-refractivity contribution in [1.29, 1.82) is 0 Å². The zero-order valence-electron chi connectivity index (χ0n) is 25.7. The molecule has 6 bridgehead atoms. The third-order valence-corrected chi connectivity index (χ3v) is 12.1. The van der Waals surface area contributed by atoms with Gasteiger partial charge < -0.3 is 20.9 Å². The first kappa shape index (κ1) is 33.3. The van der Waals surface area contributed by atoms with Crippen LogP contribution in [0, 0.1) is 11.8 Å². The summed E-state index contributed by atoms with van der Waals surface area (Å²) in [6, 6.07) is -2.87. The Kier molecular flexibility index (Phi) is 11.0. The fourth-order valence-electron chi connectivity index (χ4n) is 5.68. The fraction of sp³-hybridized carbons (Fsp3) is 0.690. The normalized spacial score (nSPS) is 30.0. The van der Waals surface area contributed by atoms with E-state index >= 15 is 0 Å². The number of carbonyl (C=O) groups excluding carboxylic acids is 4. The summed E-state index contributed by atoms with van der Waals surface area (Å²) >= 11 is 6.02. The third-order valence-electron chi connectivity index (χ3n) is 8.20. The SMILES string of the molecule is CSCC[C@H]1NC(=O)c2csc(n2)[C@H](C(C)C)NC(=O)[C@@H]2CSC(=N2)[C@@H]2CCCN2C(=O)[C@H](C(C)C)NC(=O)C2CSC1=N2. The van der Waals surface area contributed by atoms with Crippen LogP contribution in [0.1, 0.15) is 68.5 Å². The second kappa shape index (κ2) is 14.5. The number of nitrogens with zero attached hydrogens (tertiary/aromatic N) is 4. The van der Waals surface area contributed by atoms with Gasteiger partial charge in [-0.05, 0) is 43.1 Å². The van der Waals surface area contributed by atoms with Crippen molar-refractivity contribution >= 4 is 80.3 Å². The molecule has 1 aromatic rings. The Morgan fingerprint density at radius 1 is 0.932 bits per heavy atom. The number of fused-ring (bicyclic) bond motifs is 6. The summed E-state index contributed by atoms with van der Waals surface area (Å²) in [5.74, 6) is 0.731. The van der Waals surface area contributed by atoms with Crippen molar-refractivity contribution in [3.05, 3.63) is 16.1 Å². The van der Waals surface area contributed by atoms with Crippen LogP contribution in [0.15, 0.2) is 15.4 Å². The Hall–Kier alpha value is -2.10. The van der Waals surface area contributed by atoms with Crippen LogP contribution in [-0.4, -0.2) is 104 Å². The van der Waals surface area contributed by atoms with Gasteiger partial charge in [-0.25, -0.2) is 4.98 Å². The van der Waals surface area contributed by atoms with Crippen LogP contribution in [0.2, 0.25) is 0 Å². The van der Waals surface area contributed by atoms with Gasteiger partial charge in [0.25, 0.3) is 5.91 Å². The molecule has 240 valence electrons. The van der Waals surface area contributed by atoms with Gasteiger partial charge in [0.05, 0.1) is 28.2 Å². The summed E-state index contributed by atoms with van der Waals surface area (Å²) < 4.78 is 0. The monoisotopic (exact) mass is 679 g/mol. The average Bonchev–Trinajstić information content (AvgIpc) is 3.81. The Balaban J connectivity index is 1.49. The zero-order chi connectivity index (χ0) is 31.5. The van der Waals surface area contributed by atoms with Crippen molar-refractivity contribution in [3.63, 3.8) is 0 Å². The molecule has 4 amide bonds. The van der Waals surface area contributed by atoms with E-state index < -0.39 is 18.1 Å². The van der Waals surface area contributed by atoms with E-state index in [1.54, 1.807) is 17.1 Å². The maximum absolute atomic E-state index is 13.9. The minimum atomic E-state index is -0.704. The zero-order valence-corrected chi connectivity index (χ0v) is 29.0. The Bertz CT molecular complexity index is 1330. The fourth-order valence-corrected chi connectivity index (χ4v) is 9.50. The maximum atomic E-state index is 13.9. The third kappa shape index (κ3) is 7.31. The van der Waals surface area contributed by atoms with E-state index in [9.17, 15) is 19.2 Å². The molecule has 1 unspecified atom stereocenters. The van der Waals surface area contributed by atoms with E-state index in [-0.39, 0.29) is 53.6 Å². The minimum Gasteiger partial charge on any atom is -0.345 e. The van der Waals surface area contributed by atoms with Crippen LogP contribution in [0.5, 0.6) is 0 Å². The lowest BCUT2D eigenvalue weighted by Gasteiger charge is -2.31. The van der Waals surface area contributed by atoms with Crippen LogP contribution < -0.4 is 16.0 Å². The molecule has 44 heavy (non-hydrogen) atoms. The molecular formula is C29H41N7O4S4. The highest BCUT2D eigenvalue weighted by Gasteiger charge is 2.41. The van der Waals surface area contributed by atoms with Crippen molar-refractivity contribution in [2.45, 2.75) is 83.2 Å². The van der Waals surface area contributed by atoms with Gasteiger partial charge in [0.15, 0.2) is 0 Å². The topological polar surface area (TPSA) is 145 Å². The number of carbonyl (C=O) groups is 4. The van der Waals surface area contributed by atoms with E-state index in [1.807, 2.05) is 38.9 Å². The highest BCUT2D eigenvalue weighted by Crippen LogP contribution is 2.32. The number of hydrogen-bond acceptors (Lipinski definition) is 11. The van der Waals surface area contributed by atoms with E-state index in [2.05, 4.69) is 20.9 Å². The van der Waals surface area contributed by atoms with Gasteiger partial charge in [0.2, 0.25) is 17.7 Å². The molecule has 1 aromatic heterocycles. The first-order chi connectivity index (χ1) is 21.1. The molecule has 11 nitrogen and oxygen atoms in total. The number of rotatable bonds is 5. The Morgan fingerprint density at radius 3 is 2.23 bits per heavy atom.